The smallest absolute Gasteiger partial charge is 0.270 e. The average Bonchev–Trinajstić information content (AvgIpc) is 3.56. The minimum absolute atomic E-state index is 0. The fourth-order valence-electron chi connectivity index (χ4n) is 5.18. The van der Waals surface area contributed by atoms with Gasteiger partial charge < -0.3 is 15.1 Å². The highest BCUT2D eigenvalue weighted by molar-refractivity contribution is 7.59. The first kappa shape index (κ1) is 26.6. The number of hydrogen-bond donors (Lipinski definition) is 1. The number of benzene rings is 1. The molecule has 0 unspecified atom stereocenters. The maximum atomic E-state index is 15.0. The van der Waals surface area contributed by atoms with Crippen LogP contribution in [-0.2, 0) is 0 Å². The lowest BCUT2D eigenvalue weighted by Gasteiger charge is -2.20. The minimum atomic E-state index is -0.624. The number of rotatable bonds is 5. The second kappa shape index (κ2) is 10.9. The Morgan fingerprint density at radius 1 is 1.22 bits per heavy atom. The van der Waals surface area contributed by atoms with Gasteiger partial charge in [0.2, 0.25) is 5.95 Å². The fraction of sp³-hybridized carbons (Fsp3) is 0.423. The predicted molar refractivity (Wildman–Crippen MR) is 144 cm³/mol. The van der Waals surface area contributed by atoms with Crippen LogP contribution in [0.1, 0.15) is 54.1 Å². The Hall–Kier alpha value is -3.49. The Labute approximate surface area is 221 Å². The molecule has 1 aliphatic heterocycles. The van der Waals surface area contributed by atoms with Crippen molar-refractivity contribution in [1.82, 2.24) is 24.3 Å². The summed E-state index contributed by atoms with van der Waals surface area (Å²) in [6.45, 7) is 1.18. The van der Waals surface area contributed by atoms with E-state index in [1.807, 2.05) is 20.2 Å². The van der Waals surface area contributed by atoms with Gasteiger partial charge in [0.25, 0.3) is 11.5 Å². The summed E-state index contributed by atoms with van der Waals surface area (Å²) in [6, 6.07) is 8.08. The van der Waals surface area contributed by atoms with Gasteiger partial charge in [-0.1, -0.05) is 12.8 Å². The quantitative estimate of drug-likeness (QED) is 0.545. The van der Waals surface area contributed by atoms with E-state index in [0.29, 0.717) is 29.8 Å². The zero-order valence-electron chi connectivity index (χ0n) is 20.9. The zero-order chi connectivity index (χ0) is 25.4. The number of carbonyl (C=O) groups is 1. The number of fused-ring (bicyclic) bond motifs is 1. The Balaban J connectivity index is 0.00000320. The number of pyridine rings is 1. The molecule has 0 radical (unpaired) electrons. The molecule has 1 amide bonds. The van der Waals surface area contributed by atoms with Crippen molar-refractivity contribution >= 4 is 42.1 Å². The van der Waals surface area contributed by atoms with Crippen LogP contribution >= 0.6 is 13.5 Å². The maximum Gasteiger partial charge on any atom is 0.270 e. The van der Waals surface area contributed by atoms with Crippen LogP contribution in [0.2, 0.25) is 0 Å². The molecule has 11 heteroatoms. The summed E-state index contributed by atoms with van der Waals surface area (Å²) in [5.41, 5.74) is 0.572. The summed E-state index contributed by atoms with van der Waals surface area (Å²) < 4.78 is 16.6. The molecule has 37 heavy (non-hydrogen) atoms. The van der Waals surface area contributed by atoms with Gasteiger partial charge in [0.05, 0.1) is 5.56 Å². The molecule has 1 aliphatic carbocycles. The van der Waals surface area contributed by atoms with Gasteiger partial charge >= 0.3 is 0 Å². The van der Waals surface area contributed by atoms with Crippen LogP contribution in [-0.4, -0.2) is 63.5 Å². The van der Waals surface area contributed by atoms with E-state index in [-0.39, 0.29) is 54.1 Å². The van der Waals surface area contributed by atoms with Gasteiger partial charge in [-0.25, -0.2) is 9.37 Å². The molecule has 2 fully saturated rings. The summed E-state index contributed by atoms with van der Waals surface area (Å²) in [6.07, 6.45) is 6.15. The Kier molecular flexibility index (Phi) is 7.80. The Bertz CT molecular complexity index is 1430. The zero-order valence-corrected chi connectivity index (χ0v) is 21.9. The van der Waals surface area contributed by atoms with Crippen molar-refractivity contribution in [3.63, 3.8) is 0 Å². The molecular formula is C26H30FN7O2S. The molecule has 1 N–H and O–H groups in total. The molecule has 3 aromatic rings. The first-order valence-corrected chi connectivity index (χ1v) is 12.2. The molecule has 9 nitrogen and oxygen atoms in total. The van der Waals surface area contributed by atoms with Crippen molar-refractivity contribution in [3.05, 3.63) is 57.8 Å². The number of hydrogen-bond acceptors (Lipinski definition) is 7. The van der Waals surface area contributed by atoms with E-state index < -0.39 is 5.82 Å². The lowest BCUT2D eigenvalue weighted by Crippen LogP contribution is -2.34. The second-order valence-electron chi connectivity index (χ2n) is 9.73. The number of amides is 1. The average molecular weight is 524 g/mol. The Morgan fingerprint density at radius 2 is 1.97 bits per heavy atom. The van der Waals surface area contributed by atoms with Gasteiger partial charge in [-0.2, -0.15) is 23.7 Å². The number of aromatic nitrogens is 3. The highest BCUT2D eigenvalue weighted by Crippen LogP contribution is 2.31. The van der Waals surface area contributed by atoms with Crippen LogP contribution in [0.5, 0.6) is 0 Å². The van der Waals surface area contributed by atoms with Gasteiger partial charge in [0, 0.05) is 42.4 Å². The molecule has 0 bridgehead atoms. The summed E-state index contributed by atoms with van der Waals surface area (Å²) in [5, 5.41) is 13.0. The number of anilines is 2. The number of likely N-dealkylation sites (N-methyl/N-ethyl adjacent to an activating group) is 1. The summed E-state index contributed by atoms with van der Waals surface area (Å²) in [4.78, 5) is 38.4. The molecule has 5 rings (SSSR count). The summed E-state index contributed by atoms with van der Waals surface area (Å²) in [7, 11) is 3.95. The van der Waals surface area contributed by atoms with E-state index in [2.05, 4.69) is 20.2 Å². The topological polar surface area (TPSA) is 107 Å². The highest BCUT2D eigenvalue weighted by Gasteiger charge is 2.29. The van der Waals surface area contributed by atoms with Crippen LogP contribution in [0.4, 0.5) is 16.0 Å². The summed E-state index contributed by atoms with van der Waals surface area (Å²) >= 11 is 0. The lowest BCUT2D eigenvalue weighted by molar-refractivity contribution is 0.0778. The number of halogens is 1. The number of carbonyl (C=O) groups excluding carboxylic acids is 1. The third kappa shape index (κ3) is 5.17. The SMILES string of the molecule is CN(C)[C@H]1CCN(C(=O)c2ccc(Nc3ncc4cc(C#N)c(=O)n(C5CCCC5)c4n3)cc2F)C1.S. The molecule has 1 atom stereocenters. The minimum Gasteiger partial charge on any atom is -0.337 e. The standard InChI is InChI=1S/C26H28FN7O2.H2S/c1-32(2)20-9-10-33(15-20)25(36)21-8-7-18(12-22(21)27)30-26-29-14-17-11-16(13-28)24(35)34(23(17)31-26)19-5-3-4-6-19;/h7-8,11-12,14,19-20H,3-6,9-10,15H2,1-2H3,(H,29,30,31);1H2/t20-;/m0./s1. The molecule has 0 spiro atoms. The van der Waals surface area contributed by atoms with Crippen LogP contribution in [0.15, 0.2) is 35.3 Å². The first-order chi connectivity index (χ1) is 17.4. The predicted octanol–water partition coefficient (Wildman–Crippen LogP) is 3.55. The lowest BCUT2D eigenvalue weighted by atomic mass is 10.1. The van der Waals surface area contributed by atoms with Crippen molar-refractivity contribution in [1.29, 1.82) is 5.26 Å². The van der Waals surface area contributed by atoms with E-state index in [4.69, 9.17) is 0 Å². The summed E-state index contributed by atoms with van der Waals surface area (Å²) in [5.74, 6) is -0.745. The van der Waals surface area contributed by atoms with E-state index >= 15 is 0 Å². The van der Waals surface area contributed by atoms with Crippen LogP contribution in [0.25, 0.3) is 11.0 Å². The van der Waals surface area contributed by atoms with Gasteiger partial charge in [0.1, 0.15) is 23.1 Å². The van der Waals surface area contributed by atoms with Gasteiger partial charge in [0.15, 0.2) is 0 Å². The normalized spacial score (nSPS) is 17.7. The molecule has 1 saturated carbocycles. The van der Waals surface area contributed by atoms with Crippen LogP contribution < -0.4 is 10.9 Å². The number of nitriles is 1. The fourth-order valence-corrected chi connectivity index (χ4v) is 5.18. The largest absolute Gasteiger partial charge is 0.337 e. The van der Waals surface area contributed by atoms with Gasteiger partial charge in [-0.3, -0.25) is 14.2 Å². The Morgan fingerprint density at radius 3 is 2.62 bits per heavy atom. The van der Waals surface area contributed by atoms with Crippen molar-refractivity contribution in [2.45, 2.75) is 44.2 Å². The van der Waals surface area contributed by atoms with Gasteiger partial charge in [-0.15, -0.1) is 0 Å². The number of nitrogens with zero attached hydrogens (tertiary/aromatic N) is 6. The van der Waals surface area contributed by atoms with Crippen molar-refractivity contribution in [2.24, 2.45) is 0 Å². The van der Waals surface area contributed by atoms with Crippen molar-refractivity contribution in [2.75, 3.05) is 32.5 Å². The maximum absolute atomic E-state index is 15.0. The molecule has 2 aliphatic rings. The van der Waals surface area contributed by atoms with E-state index in [9.17, 15) is 19.2 Å². The molecule has 194 valence electrons. The number of nitrogens with one attached hydrogen (secondary N) is 1. The monoisotopic (exact) mass is 523 g/mol. The first-order valence-electron chi connectivity index (χ1n) is 12.2. The molecular weight excluding hydrogens is 493 g/mol. The van der Waals surface area contributed by atoms with Crippen molar-refractivity contribution in [3.8, 4) is 6.07 Å². The van der Waals surface area contributed by atoms with E-state index in [0.717, 1.165) is 32.1 Å². The molecule has 2 aromatic heterocycles. The highest BCUT2D eigenvalue weighted by atomic mass is 32.1. The third-order valence-corrected chi connectivity index (χ3v) is 7.22. The van der Waals surface area contributed by atoms with Crippen molar-refractivity contribution < 1.29 is 9.18 Å². The van der Waals surface area contributed by atoms with E-state index in [1.165, 1.54) is 18.2 Å². The molecule has 3 heterocycles. The second-order valence-corrected chi connectivity index (χ2v) is 9.73. The van der Waals surface area contributed by atoms with Gasteiger partial charge in [-0.05, 0) is 57.6 Å². The van der Waals surface area contributed by atoms with E-state index in [1.54, 1.807) is 21.7 Å². The molecule has 1 aromatic carbocycles. The molecule has 1 saturated heterocycles. The van der Waals surface area contributed by atoms with Crippen LogP contribution in [0.3, 0.4) is 0 Å². The van der Waals surface area contributed by atoms with Crippen LogP contribution in [0, 0.1) is 17.1 Å². The third-order valence-electron chi connectivity index (χ3n) is 7.22. The number of likely N-dealkylation sites (tertiary alicyclic amines) is 1.